The maximum atomic E-state index is 14.0. The molecule has 0 unspecified atom stereocenters. The van der Waals surface area contributed by atoms with E-state index in [1.54, 1.807) is 42.5 Å². The zero-order chi connectivity index (χ0) is 30.5. The molecule has 0 aliphatic heterocycles. The van der Waals surface area contributed by atoms with Gasteiger partial charge in [0.15, 0.2) is 0 Å². The third-order valence-corrected chi connectivity index (χ3v) is 8.87. The van der Waals surface area contributed by atoms with Gasteiger partial charge in [-0.15, -0.1) is 0 Å². The van der Waals surface area contributed by atoms with Gasteiger partial charge in [0.1, 0.15) is 6.04 Å². The number of fused-ring (bicyclic) bond motifs is 1. The van der Waals surface area contributed by atoms with Gasteiger partial charge in [0, 0.05) is 30.6 Å². The Balaban J connectivity index is 1.68. The molecule has 0 heterocycles. The lowest BCUT2D eigenvalue weighted by atomic mass is 10.0. The fourth-order valence-corrected chi connectivity index (χ4v) is 5.95. The fourth-order valence-electron chi connectivity index (χ4n) is 4.67. The molecule has 0 fully saturated rings. The third-order valence-electron chi connectivity index (χ3n) is 6.82. The quantitative estimate of drug-likeness (QED) is 0.252. The van der Waals surface area contributed by atoms with Crippen molar-refractivity contribution in [3.63, 3.8) is 0 Å². The average Bonchev–Trinajstić information content (AvgIpc) is 2.95. The van der Waals surface area contributed by atoms with Gasteiger partial charge in [-0.3, -0.25) is 9.59 Å². The van der Waals surface area contributed by atoms with Crippen LogP contribution in [0.3, 0.4) is 0 Å². The van der Waals surface area contributed by atoms with Crippen molar-refractivity contribution in [1.29, 1.82) is 0 Å². The minimum atomic E-state index is -4.00. The zero-order valence-corrected chi connectivity index (χ0v) is 25.8. The smallest absolute Gasteiger partial charge is 0.243 e. The van der Waals surface area contributed by atoms with Crippen molar-refractivity contribution >= 4 is 44.2 Å². The third kappa shape index (κ3) is 7.97. The minimum absolute atomic E-state index is 0.0899. The number of halogens is 1. The summed E-state index contributed by atoms with van der Waals surface area (Å²) in [5.74, 6) is -0.824. The van der Waals surface area contributed by atoms with E-state index in [1.165, 1.54) is 11.9 Å². The van der Waals surface area contributed by atoms with Gasteiger partial charge in [-0.2, -0.15) is 4.31 Å². The van der Waals surface area contributed by atoms with Crippen LogP contribution in [-0.4, -0.2) is 54.6 Å². The number of nitrogens with zero attached hydrogens (tertiary/aromatic N) is 2. The number of hydrogen-bond donors (Lipinski definition) is 1. The second kappa shape index (κ2) is 13.1. The van der Waals surface area contributed by atoms with Crippen LogP contribution in [0, 0.1) is 0 Å². The molecule has 220 valence electrons. The summed E-state index contributed by atoms with van der Waals surface area (Å²) in [6.45, 7) is 5.27. The van der Waals surface area contributed by atoms with Gasteiger partial charge in [0.05, 0.1) is 11.4 Å². The molecular weight excluding hydrogens is 570 g/mol. The molecule has 0 radical (unpaired) electrons. The summed E-state index contributed by atoms with van der Waals surface area (Å²) < 4.78 is 28.2. The second-order valence-corrected chi connectivity index (χ2v) is 13.8. The number of benzene rings is 4. The van der Waals surface area contributed by atoms with Crippen molar-refractivity contribution in [2.75, 3.05) is 13.6 Å². The van der Waals surface area contributed by atoms with Gasteiger partial charge < -0.3 is 10.2 Å². The number of sulfonamides is 1. The van der Waals surface area contributed by atoms with E-state index in [1.807, 2.05) is 75.4 Å². The van der Waals surface area contributed by atoms with E-state index in [0.29, 0.717) is 5.02 Å². The molecule has 0 saturated heterocycles. The highest BCUT2D eigenvalue weighted by atomic mass is 35.5. The number of nitrogens with one attached hydrogen (secondary N) is 1. The first-order valence-electron chi connectivity index (χ1n) is 13.7. The Hall–Kier alpha value is -3.72. The summed E-state index contributed by atoms with van der Waals surface area (Å²) in [7, 11) is -2.62. The van der Waals surface area contributed by atoms with Crippen molar-refractivity contribution < 1.29 is 18.0 Å². The van der Waals surface area contributed by atoms with Gasteiger partial charge >= 0.3 is 0 Å². The van der Waals surface area contributed by atoms with Crippen molar-refractivity contribution in [2.45, 2.75) is 50.2 Å². The first-order valence-corrected chi connectivity index (χ1v) is 15.5. The van der Waals surface area contributed by atoms with Gasteiger partial charge in [-0.1, -0.05) is 84.4 Å². The number of carbonyl (C=O) groups is 2. The molecule has 1 atom stereocenters. The predicted molar refractivity (Wildman–Crippen MR) is 168 cm³/mol. The predicted octanol–water partition coefficient (Wildman–Crippen LogP) is 5.67. The fraction of sp³-hybridized carbons (Fsp3) is 0.273. The molecule has 0 saturated carbocycles. The van der Waals surface area contributed by atoms with Crippen LogP contribution in [0.2, 0.25) is 5.02 Å². The van der Waals surface area contributed by atoms with Crippen LogP contribution in [0.15, 0.2) is 102 Å². The lowest BCUT2D eigenvalue weighted by Crippen LogP contribution is -2.56. The number of likely N-dealkylation sites (N-methyl/N-ethyl adjacent to an activating group) is 1. The molecule has 0 aliphatic carbocycles. The van der Waals surface area contributed by atoms with Crippen LogP contribution in [0.1, 0.15) is 31.9 Å². The first-order chi connectivity index (χ1) is 19.8. The van der Waals surface area contributed by atoms with E-state index in [4.69, 9.17) is 11.6 Å². The molecule has 0 bridgehead atoms. The van der Waals surface area contributed by atoms with Crippen molar-refractivity contribution in [1.82, 2.24) is 14.5 Å². The molecule has 1 N–H and O–H groups in total. The highest BCUT2D eigenvalue weighted by molar-refractivity contribution is 7.89. The summed E-state index contributed by atoms with van der Waals surface area (Å²) in [6, 6.07) is 27.9. The molecule has 7 nitrogen and oxygen atoms in total. The minimum Gasteiger partial charge on any atom is -0.350 e. The van der Waals surface area contributed by atoms with Crippen molar-refractivity contribution in [2.24, 2.45) is 0 Å². The Morgan fingerprint density at radius 1 is 0.833 bits per heavy atom. The summed E-state index contributed by atoms with van der Waals surface area (Å²) in [5, 5.41) is 5.25. The second-order valence-electron chi connectivity index (χ2n) is 11.4. The zero-order valence-electron chi connectivity index (χ0n) is 24.2. The van der Waals surface area contributed by atoms with Crippen LogP contribution < -0.4 is 5.32 Å². The maximum absolute atomic E-state index is 14.0. The number of rotatable bonds is 10. The number of hydrogen-bond acceptors (Lipinski definition) is 4. The Kier molecular flexibility index (Phi) is 9.71. The Morgan fingerprint density at radius 3 is 2.10 bits per heavy atom. The van der Waals surface area contributed by atoms with Crippen molar-refractivity contribution in [3.8, 4) is 0 Å². The Morgan fingerprint density at radius 2 is 1.45 bits per heavy atom. The van der Waals surface area contributed by atoms with E-state index < -0.39 is 34.1 Å². The van der Waals surface area contributed by atoms with E-state index in [0.717, 1.165) is 26.2 Å². The molecule has 4 aromatic carbocycles. The SMILES string of the molecule is CN(CC(=O)N(Cc1ccc(Cl)cc1)[C@H](Cc1ccccc1)C(=O)NC(C)(C)C)S(=O)(=O)c1ccc2ccccc2c1. The van der Waals surface area contributed by atoms with Gasteiger partial charge in [-0.25, -0.2) is 8.42 Å². The molecule has 0 aliphatic rings. The summed E-state index contributed by atoms with van der Waals surface area (Å²) >= 11 is 6.10. The Labute approximate surface area is 253 Å². The van der Waals surface area contributed by atoms with Gasteiger partial charge in [0.2, 0.25) is 21.8 Å². The molecular formula is C33H36ClN3O4S. The summed E-state index contributed by atoms with van der Waals surface area (Å²) in [4.78, 5) is 29.3. The van der Waals surface area contributed by atoms with E-state index in [2.05, 4.69) is 5.32 Å². The van der Waals surface area contributed by atoms with Gasteiger partial charge in [-0.05, 0) is 66.9 Å². The Bertz CT molecular complexity index is 1650. The molecule has 4 aromatic rings. The molecule has 4 rings (SSSR count). The first kappa shape index (κ1) is 31.2. The normalized spacial score (nSPS) is 12.7. The monoisotopic (exact) mass is 605 g/mol. The molecule has 0 aromatic heterocycles. The van der Waals surface area contributed by atoms with E-state index >= 15 is 0 Å². The molecule has 42 heavy (non-hydrogen) atoms. The highest BCUT2D eigenvalue weighted by Gasteiger charge is 2.34. The van der Waals surface area contributed by atoms with Crippen molar-refractivity contribution in [3.05, 3.63) is 113 Å². The topological polar surface area (TPSA) is 86.8 Å². The number of amides is 2. The lowest BCUT2D eigenvalue weighted by molar-refractivity contribution is -0.141. The van der Waals surface area contributed by atoms with Crippen LogP contribution >= 0.6 is 11.6 Å². The lowest BCUT2D eigenvalue weighted by Gasteiger charge is -2.34. The van der Waals surface area contributed by atoms with E-state index in [9.17, 15) is 18.0 Å². The largest absolute Gasteiger partial charge is 0.350 e. The van der Waals surface area contributed by atoms with Crippen LogP contribution in [0.25, 0.3) is 10.8 Å². The van der Waals surface area contributed by atoms with Gasteiger partial charge in [0.25, 0.3) is 0 Å². The van der Waals surface area contributed by atoms with Crippen LogP contribution in [-0.2, 0) is 32.6 Å². The molecule has 2 amide bonds. The highest BCUT2D eigenvalue weighted by Crippen LogP contribution is 2.23. The summed E-state index contributed by atoms with van der Waals surface area (Å²) in [5.41, 5.74) is 1.09. The summed E-state index contributed by atoms with van der Waals surface area (Å²) in [6.07, 6.45) is 0.253. The average molecular weight is 606 g/mol. The standard InChI is InChI=1S/C33H36ClN3O4S/c1-33(2,3)35-32(39)30(20-24-10-6-5-7-11-24)37(22-25-14-17-28(34)18-15-25)31(38)23-36(4)42(40,41)29-19-16-26-12-8-9-13-27(26)21-29/h5-19,21,30H,20,22-23H2,1-4H3,(H,35,39)/t30-/m1/s1. The maximum Gasteiger partial charge on any atom is 0.243 e. The number of carbonyl (C=O) groups excluding carboxylic acids is 2. The van der Waals surface area contributed by atoms with Crippen LogP contribution in [0.4, 0.5) is 0 Å². The molecule has 9 heteroatoms. The van der Waals surface area contributed by atoms with E-state index in [-0.39, 0.29) is 23.8 Å². The molecule has 0 spiro atoms. The van der Waals surface area contributed by atoms with Crippen LogP contribution in [0.5, 0.6) is 0 Å².